The van der Waals surface area contributed by atoms with Gasteiger partial charge in [0.15, 0.2) is 0 Å². The van der Waals surface area contributed by atoms with Gasteiger partial charge >= 0.3 is 6.03 Å². The van der Waals surface area contributed by atoms with Crippen molar-refractivity contribution in [3.05, 3.63) is 11.6 Å². The van der Waals surface area contributed by atoms with E-state index in [1.165, 1.54) is 31.3 Å². The molecule has 2 aliphatic rings. The molecule has 6 heteroatoms. The van der Waals surface area contributed by atoms with Gasteiger partial charge in [-0.05, 0) is 44.9 Å². The molecule has 0 bridgehead atoms. The minimum atomic E-state index is -0.291. The number of piperidine rings is 1. The van der Waals surface area contributed by atoms with Crippen molar-refractivity contribution in [1.29, 1.82) is 0 Å². The molecule has 1 fully saturated rings. The molecule has 1 saturated heterocycles. The summed E-state index contributed by atoms with van der Waals surface area (Å²) in [5.74, 6) is -0.291. The second-order valence-corrected chi connectivity index (χ2v) is 6.28. The van der Waals surface area contributed by atoms with Crippen LogP contribution in [-0.4, -0.2) is 49.1 Å². The molecule has 0 aromatic carbocycles. The highest BCUT2D eigenvalue weighted by molar-refractivity contribution is 5.76. The van der Waals surface area contributed by atoms with Crippen molar-refractivity contribution < 1.29 is 9.59 Å². The zero-order chi connectivity index (χ0) is 15.8. The van der Waals surface area contributed by atoms with E-state index < -0.39 is 0 Å². The molecule has 3 amide bonds. The Morgan fingerprint density at radius 1 is 1.27 bits per heavy atom. The molecule has 1 aliphatic heterocycles. The monoisotopic (exact) mass is 308 g/mol. The lowest BCUT2D eigenvalue weighted by Gasteiger charge is -2.31. The summed E-state index contributed by atoms with van der Waals surface area (Å²) < 4.78 is 0. The van der Waals surface area contributed by atoms with Gasteiger partial charge in [0.1, 0.15) is 0 Å². The summed E-state index contributed by atoms with van der Waals surface area (Å²) in [7, 11) is 0. The molecule has 2 rings (SSSR count). The number of hydrogen-bond donors (Lipinski definition) is 3. The van der Waals surface area contributed by atoms with Crippen LogP contribution in [0.4, 0.5) is 4.79 Å². The predicted molar refractivity (Wildman–Crippen MR) is 86.4 cm³/mol. The fraction of sp³-hybridized carbons (Fsp3) is 0.750. The number of carbonyl (C=O) groups is 2. The maximum Gasteiger partial charge on any atom is 0.315 e. The van der Waals surface area contributed by atoms with E-state index in [4.69, 9.17) is 5.73 Å². The predicted octanol–water partition coefficient (Wildman–Crippen LogP) is 1.13. The van der Waals surface area contributed by atoms with E-state index in [1.807, 2.05) is 4.90 Å². The molecule has 22 heavy (non-hydrogen) atoms. The van der Waals surface area contributed by atoms with Gasteiger partial charge in [-0.15, -0.1) is 0 Å². The Labute approximate surface area is 132 Å². The van der Waals surface area contributed by atoms with Crippen LogP contribution in [0.1, 0.15) is 44.9 Å². The van der Waals surface area contributed by atoms with Crippen molar-refractivity contribution >= 4 is 11.9 Å². The Morgan fingerprint density at radius 2 is 2.05 bits per heavy atom. The summed E-state index contributed by atoms with van der Waals surface area (Å²) in [6.07, 6.45) is 9.96. The third-order valence-electron chi connectivity index (χ3n) is 4.42. The highest BCUT2D eigenvalue weighted by Gasteiger charge is 2.21. The number of nitrogens with one attached hydrogen (secondary N) is 2. The number of likely N-dealkylation sites (tertiary alicyclic amines) is 1. The van der Waals surface area contributed by atoms with E-state index in [2.05, 4.69) is 16.7 Å². The largest absolute Gasteiger partial charge is 0.369 e. The van der Waals surface area contributed by atoms with Gasteiger partial charge in [0.05, 0.1) is 6.54 Å². The average molecular weight is 308 g/mol. The van der Waals surface area contributed by atoms with Crippen LogP contribution in [-0.2, 0) is 4.79 Å². The second kappa shape index (κ2) is 8.78. The summed E-state index contributed by atoms with van der Waals surface area (Å²) in [6.45, 7) is 2.63. The highest BCUT2D eigenvalue weighted by atomic mass is 16.2. The molecule has 0 aromatic heterocycles. The van der Waals surface area contributed by atoms with Gasteiger partial charge in [-0.2, -0.15) is 0 Å². The highest BCUT2D eigenvalue weighted by Crippen LogP contribution is 2.19. The fourth-order valence-corrected chi connectivity index (χ4v) is 3.16. The fourth-order valence-electron chi connectivity index (χ4n) is 3.16. The van der Waals surface area contributed by atoms with E-state index in [9.17, 15) is 9.59 Å². The molecular weight excluding hydrogens is 280 g/mol. The number of rotatable bonds is 6. The molecule has 0 saturated carbocycles. The molecule has 1 aliphatic carbocycles. The number of nitrogens with two attached hydrogens (primary N) is 1. The van der Waals surface area contributed by atoms with Crippen molar-refractivity contribution in [2.45, 2.75) is 51.0 Å². The molecule has 0 radical (unpaired) electrons. The molecule has 6 nitrogen and oxygen atoms in total. The lowest BCUT2D eigenvalue weighted by molar-refractivity contribution is -0.119. The lowest BCUT2D eigenvalue weighted by atomic mass is 9.97. The third-order valence-corrected chi connectivity index (χ3v) is 4.42. The molecular formula is C16H28N4O2. The summed E-state index contributed by atoms with van der Waals surface area (Å²) in [4.78, 5) is 24.8. The molecule has 0 aromatic rings. The smallest absolute Gasteiger partial charge is 0.315 e. The Balaban J connectivity index is 1.57. The quantitative estimate of drug-likeness (QED) is 0.643. The first-order chi connectivity index (χ1) is 10.6. The van der Waals surface area contributed by atoms with E-state index in [0.717, 1.165) is 32.4 Å². The molecule has 1 heterocycles. The first-order valence-corrected chi connectivity index (χ1v) is 8.36. The van der Waals surface area contributed by atoms with Crippen molar-refractivity contribution in [3.8, 4) is 0 Å². The first kappa shape index (κ1) is 16.8. The number of amides is 3. The normalized spacial score (nSPS) is 20.3. The average Bonchev–Trinajstić information content (AvgIpc) is 2.50. The summed E-state index contributed by atoms with van der Waals surface area (Å²) >= 11 is 0. The maximum atomic E-state index is 11.9. The van der Waals surface area contributed by atoms with Gasteiger partial charge < -0.3 is 16.4 Å². The van der Waals surface area contributed by atoms with Crippen LogP contribution < -0.4 is 16.4 Å². The van der Waals surface area contributed by atoms with Crippen LogP contribution in [0.3, 0.4) is 0 Å². The number of primary amides is 1. The zero-order valence-corrected chi connectivity index (χ0v) is 13.3. The van der Waals surface area contributed by atoms with Gasteiger partial charge in [-0.25, -0.2) is 4.79 Å². The van der Waals surface area contributed by atoms with Crippen LogP contribution in [0.15, 0.2) is 11.6 Å². The van der Waals surface area contributed by atoms with Gasteiger partial charge in [-0.1, -0.05) is 11.6 Å². The van der Waals surface area contributed by atoms with Crippen LogP contribution in [0.25, 0.3) is 0 Å². The number of hydrogen-bond acceptors (Lipinski definition) is 3. The van der Waals surface area contributed by atoms with Gasteiger partial charge in [0, 0.05) is 25.7 Å². The van der Waals surface area contributed by atoms with E-state index in [0.29, 0.717) is 13.1 Å². The minimum absolute atomic E-state index is 0.0789. The van der Waals surface area contributed by atoms with Crippen LogP contribution in [0, 0.1) is 0 Å². The van der Waals surface area contributed by atoms with Crippen molar-refractivity contribution in [2.75, 3.05) is 26.2 Å². The molecule has 0 unspecified atom stereocenters. The van der Waals surface area contributed by atoms with Crippen LogP contribution >= 0.6 is 0 Å². The summed E-state index contributed by atoms with van der Waals surface area (Å²) in [5, 5.41) is 5.96. The van der Waals surface area contributed by atoms with Gasteiger partial charge in [0.2, 0.25) is 5.91 Å². The lowest BCUT2D eigenvalue weighted by Crippen LogP contribution is -2.49. The summed E-state index contributed by atoms with van der Waals surface area (Å²) in [5.41, 5.74) is 6.67. The summed E-state index contributed by atoms with van der Waals surface area (Å²) in [6, 6.07) is 0.114. The standard InChI is InChI=1S/C16H28N4O2/c17-15(21)12-20-10-7-14(8-11-20)19-16(22)18-9-6-13-4-2-1-3-5-13/h4,14H,1-3,5-12H2,(H2,17,21)(H2,18,19,22). The van der Waals surface area contributed by atoms with Crippen molar-refractivity contribution in [2.24, 2.45) is 5.73 Å². The van der Waals surface area contributed by atoms with Gasteiger partial charge in [0.25, 0.3) is 0 Å². The van der Waals surface area contributed by atoms with Crippen LogP contribution in [0.2, 0.25) is 0 Å². The maximum absolute atomic E-state index is 11.9. The van der Waals surface area contributed by atoms with Gasteiger partial charge in [-0.3, -0.25) is 9.69 Å². The molecule has 124 valence electrons. The first-order valence-electron chi connectivity index (χ1n) is 8.36. The Hall–Kier alpha value is -1.56. The third kappa shape index (κ3) is 6.05. The SMILES string of the molecule is NC(=O)CN1CCC(NC(=O)NCCC2=CCCCC2)CC1. The van der Waals surface area contributed by atoms with E-state index in [-0.39, 0.29) is 18.0 Å². The molecule has 0 atom stereocenters. The van der Waals surface area contributed by atoms with E-state index in [1.54, 1.807) is 0 Å². The Morgan fingerprint density at radius 3 is 2.68 bits per heavy atom. The minimum Gasteiger partial charge on any atom is -0.369 e. The van der Waals surface area contributed by atoms with Crippen molar-refractivity contribution in [3.63, 3.8) is 0 Å². The number of nitrogens with zero attached hydrogens (tertiary/aromatic N) is 1. The Kier molecular flexibility index (Phi) is 6.71. The zero-order valence-electron chi connectivity index (χ0n) is 13.3. The van der Waals surface area contributed by atoms with E-state index >= 15 is 0 Å². The Bertz CT molecular complexity index is 414. The molecule has 0 spiro atoms. The molecule has 4 N–H and O–H groups in total. The van der Waals surface area contributed by atoms with Crippen LogP contribution in [0.5, 0.6) is 0 Å². The van der Waals surface area contributed by atoms with Crippen molar-refractivity contribution in [1.82, 2.24) is 15.5 Å². The number of urea groups is 1. The topological polar surface area (TPSA) is 87.5 Å². The second-order valence-electron chi connectivity index (χ2n) is 6.28. The number of allylic oxidation sites excluding steroid dienone is 1. The number of carbonyl (C=O) groups excluding carboxylic acids is 2.